The third-order valence-corrected chi connectivity index (χ3v) is 6.15. The Labute approximate surface area is 178 Å². The molecule has 0 amide bonds. The third kappa shape index (κ3) is 6.70. The summed E-state index contributed by atoms with van der Waals surface area (Å²) in [5.41, 5.74) is 2.60. The second-order valence-corrected chi connectivity index (χ2v) is 8.49. The number of aliphatic carboxylic acids is 2. The fourth-order valence-electron chi connectivity index (χ4n) is 4.52. The van der Waals surface area contributed by atoms with Gasteiger partial charge in [-0.1, -0.05) is 73.5 Å². The Kier molecular flexibility index (Phi) is 8.03. The molecule has 1 saturated carbocycles. The van der Waals surface area contributed by atoms with E-state index >= 15 is 0 Å². The molecule has 0 spiro atoms. The fourth-order valence-corrected chi connectivity index (χ4v) is 4.52. The maximum absolute atomic E-state index is 11.2. The first-order valence-corrected chi connectivity index (χ1v) is 10.8. The summed E-state index contributed by atoms with van der Waals surface area (Å²) < 4.78 is 0. The van der Waals surface area contributed by atoms with Crippen LogP contribution in [0.2, 0.25) is 0 Å². The van der Waals surface area contributed by atoms with Crippen LogP contribution >= 0.6 is 0 Å². The molecular weight excluding hydrogens is 378 g/mol. The fraction of sp³-hybridized carbons (Fsp3) is 0.440. The monoisotopic (exact) mass is 409 g/mol. The maximum Gasteiger partial charge on any atom is 0.317 e. The molecule has 160 valence electrons. The molecule has 5 heteroatoms. The smallest absolute Gasteiger partial charge is 0.317 e. The molecule has 5 nitrogen and oxygen atoms in total. The quantitative estimate of drug-likeness (QED) is 0.558. The molecule has 2 N–H and O–H groups in total. The van der Waals surface area contributed by atoms with Crippen molar-refractivity contribution in [3.05, 3.63) is 71.8 Å². The number of nitrogens with zero attached hydrogens (tertiary/aromatic N) is 1. The summed E-state index contributed by atoms with van der Waals surface area (Å²) in [6.07, 6.45) is 4.11. The van der Waals surface area contributed by atoms with Gasteiger partial charge in [-0.25, -0.2) is 0 Å². The number of carbonyl (C=O) groups is 2. The normalized spacial score (nSPS) is 19.1. The molecule has 0 unspecified atom stereocenters. The average Bonchev–Trinajstić information content (AvgIpc) is 2.74. The highest BCUT2D eigenvalue weighted by Crippen LogP contribution is 2.34. The molecule has 0 aromatic heterocycles. The highest BCUT2D eigenvalue weighted by Gasteiger charge is 2.31. The zero-order valence-electron chi connectivity index (χ0n) is 17.3. The van der Waals surface area contributed by atoms with Crippen molar-refractivity contribution in [3.63, 3.8) is 0 Å². The Hall–Kier alpha value is -2.66. The minimum atomic E-state index is -1.28. The molecular formula is C25H31NO4. The first kappa shape index (κ1) is 22.0. The van der Waals surface area contributed by atoms with E-state index in [2.05, 4.69) is 53.4 Å². The molecule has 2 aromatic rings. The van der Waals surface area contributed by atoms with Crippen LogP contribution in [-0.2, 0) is 22.7 Å². The van der Waals surface area contributed by atoms with Gasteiger partial charge in [0.2, 0.25) is 0 Å². The van der Waals surface area contributed by atoms with E-state index in [1.54, 1.807) is 0 Å². The minimum Gasteiger partial charge on any atom is -0.481 e. The Bertz CT molecular complexity index is 745. The minimum absolute atomic E-state index is 0.190. The van der Waals surface area contributed by atoms with Gasteiger partial charge in [0.1, 0.15) is 0 Å². The highest BCUT2D eigenvalue weighted by atomic mass is 16.4. The molecule has 30 heavy (non-hydrogen) atoms. The Morgan fingerprint density at radius 1 is 0.767 bits per heavy atom. The first-order valence-electron chi connectivity index (χ1n) is 10.8. The number of hydrogen-bond donors (Lipinski definition) is 2. The lowest BCUT2D eigenvalue weighted by molar-refractivity contribution is -0.155. The van der Waals surface area contributed by atoms with Crippen molar-refractivity contribution in [3.8, 4) is 0 Å². The van der Waals surface area contributed by atoms with E-state index in [0.717, 1.165) is 45.3 Å². The van der Waals surface area contributed by atoms with Crippen molar-refractivity contribution in [1.29, 1.82) is 0 Å². The van der Waals surface area contributed by atoms with Crippen molar-refractivity contribution in [2.24, 2.45) is 17.8 Å². The molecule has 3 rings (SSSR count). The van der Waals surface area contributed by atoms with Crippen LogP contribution in [0.5, 0.6) is 0 Å². The van der Waals surface area contributed by atoms with Crippen molar-refractivity contribution in [2.45, 2.75) is 45.2 Å². The molecule has 0 atom stereocenters. The van der Waals surface area contributed by atoms with Gasteiger partial charge in [-0.2, -0.15) is 0 Å². The van der Waals surface area contributed by atoms with Crippen molar-refractivity contribution < 1.29 is 19.8 Å². The predicted molar refractivity (Wildman–Crippen MR) is 116 cm³/mol. The van der Waals surface area contributed by atoms with Gasteiger partial charge >= 0.3 is 11.9 Å². The number of rotatable bonds is 10. The number of carboxylic acid groups (broad SMARTS) is 2. The second kappa shape index (κ2) is 10.9. The summed E-state index contributed by atoms with van der Waals surface area (Å²) in [6, 6.07) is 21.0. The molecule has 0 saturated heterocycles. The first-order chi connectivity index (χ1) is 14.5. The van der Waals surface area contributed by atoms with Gasteiger partial charge in [0, 0.05) is 19.6 Å². The van der Waals surface area contributed by atoms with E-state index in [-0.39, 0.29) is 12.3 Å². The number of hydrogen-bond acceptors (Lipinski definition) is 3. The van der Waals surface area contributed by atoms with E-state index in [0.29, 0.717) is 5.92 Å². The van der Waals surface area contributed by atoms with Gasteiger partial charge in [0.25, 0.3) is 0 Å². The van der Waals surface area contributed by atoms with Gasteiger partial charge < -0.3 is 10.2 Å². The van der Waals surface area contributed by atoms with Gasteiger partial charge in [-0.15, -0.1) is 0 Å². The van der Waals surface area contributed by atoms with Gasteiger partial charge in [0.05, 0.1) is 0 Å². The molecule has 2 aromatic carbocycles. The summed E-state index contributed by atoms with van der Waals surface area (Å²) in [6.45, 7) is 2.79. The number of benzene rings is 2. The van der Waals surface area contributed by atoms with E-state index in [9.17, 15) is 9.59 Å². The topological polar surface area (TPSA) is 77.8 Å². The van der Waals surface area contributed by atoms with Crippen LogP contribution in [0.3, 0.4) is 0 Å². The van der Waals surface area contributed by atoms with Crippen LogP contribution in [0.4, 0.5) is 0 Å². The van der Waals surface area contributed by atoms with Crippen LogP contribution in [0, 0.1) is 17.8 Å². The van der Waals surface area contributed by atoms with E-state index in [1.165, 1.54) is 11.1 Å². The van der Waals surface area contributed by atoms with E-state index in [1.807, 2.05) is 12.1 Å². The lowest BCUT2D eigenvalue weighted by Crippen LogP contribution is -2.32. The predicted octanol–water partition coefficient (Wildman–Crippen LogP) is 4.67. The Balaban J connectivity index is 1.57. The summed E-state index contributed by atoms with van der Waals surface area (Å²) in [5, 5.41) is 18.3. The van der Waals surface area contributed by atoms with Crippen LogP contribution in [-0.4, -0.2) is 33.6 Å². The lowest BCUT2D eigenvalue weighted by Gasteiger charge is -2.33. The largest absolute Gasteiger partial charge is 0.481 e. The summed E-state index contributed by atoms with van der Waals surface area (Å²) in [7, 11) is 0. The standard InChI is InChI=1S/C25H31NO4/c27-24(28)23(25(29)30)15-19-11-13-22(14-12-19)18-26(16-20-7-3-1-4-8-20)17-21-9-5-2-6-10-21/h1-10,19,22-23H,11-18H2,(H,27,28)(H,29,30)/t19-,22+. The molecule has 0 heterocycles. The summed E-state index contributed by atoms with van der Waals surface area (Å²) in [5.74, 6) is -2.97. The second-order valence-electron chi connectivity index (χ2n) is 8.49. The molecule has 1 fully saturated rings. The van der Waals surface area contributed by atoms with Crippen molar-refractivity contribution in [2.75, 3.05) is 6.54 Å². The van der Waals surface area contributed by atoms with Crippen molar-refractivity contribution >= 4 is 11.9 Å². The highest BCUT2D eigenvalue weighted by molar-refractivity contribution is 5.92. The van der Waals surface area contributed by atoms with Gasteiger partial charge in [-0.3, -0.25) is 14.5 Å². The molecule has 1 aliphatic rings. The molecule has 0 aliphatic heterocycles. The van der Waals surface area contributed by atoms with Crippen LogP contribution in [0.15, 0.2) is 60.7 Å². The summed E-state index contributed by atoms with van der Waals surface area (Å²) >= 11 is 0. The lowest BCUT2D eigenvalue weighted by atomic mass is 9.77. The van der Waals surface area contributed by atoms with Crippen LogP contribution in [0.1, 0.15) is 43.2 Å². The van der Waals surface area contributed by atoms with Crippen molar-refractivity contribution in [1.82, 2.24) is 4.90 Å². The van der Waals surface area contributed by atoms with Crippen LogP contribution in [0.25, 0.3) is 0 Å². The van der Waals surface area contributed by atoms with Crippen LogP contribution < -0.4 is 0 Å². The average molecular weight is 410 g/mol. The Morgan fingerprint density at radius 3 is 1.63 bits per heavy atom. The SMILES string of the molecule is O=C(O)C(C[C@H]1CC[C@@H](CN(Cc2ccccc2)Cc2ccccc2)CC1)C(=O)O. The zero-order chi connectivity index (χ0) is 21.3. The van der Waals surface area contributed by atoms with E-state index in [4.69, 9.17) is 10.2 Å². The maximum atomic E-state index is 11.2. The number of carboxylic acids is 2. The third-order valence-electron chi connectivity index (χ3n) is 6.15. The van der Waals surface area contributed by atoms with E-state index < -0.39 is 17.9 Å². The Morgan fingerprint density at radius 2 is 1.20 bits per heavy atom. The van der Waals surface area contributed by atoms with Gasteiger partial charge in [-0.05, 0) is 42.2 Å². The molecule has 1 aliphatic carbocycles. The summed E-state index contributed by atoms with van der Waals surface area (Å²) in [4.78, 5) is 24.9. The molecule has 0 bridgehead atoms. The zero-order valence-corrected chi connectivity index (χ0v) is 17.3. The molecule has 0 radical (unpaired) electrons. The van der Waals surface area contributed by atoms with Gasteiger partial charge in [0.15, 0.2) is 5.92 Å².